The van der Waals surface area contributed by atoms with E-state index in [4.69, 9.17) is 14.2 Å². The highest BCUT2D eigenvalue weighted by molar-refractivity contribution is 7.89. The minimum atomic E-state index is -3.93. The summed E-state index contributed by atoms with van der Waals surface area (Å²) < 4.78 is 45.5. The van der Waals surface area contributed by atoms with Gasteiger partial charge in [0.1, 0.15) is 6.10 Å². The number of aliphatic hydroxyl groups is 1. The second-order valence-corrected chi connectivity index (χ2v) is 10.6. The lowest BCUT2D eigenvalue weighted by Crippen LogP contribution is -2.50. The molecule has 0 saturated carbocycles. The molecule has 2 aliphatic heterocycles. The van der Waals surface area contributed by atoms with Crippen molar-refractivity contribution in [2.75, 3.05) is 13.3 Å². The SMILES string of the molecule is CC(=O)O[C@@H]1CN(S(=O)(=O)c2ccc(C)cc2)[C@@H]2C[C@@H](O)C=C[C@]12c1ccc2c(c1)OCO2. The average molecular weight is 472 g/mol. The molecule has 2 heterocycles. The van der Waals surface area contributed by atoms with Crippen molar-refractivity contribution in [3.8, 4) is 11.5 Å². The molecule has 9 heteroatoms. The summed E-state index contributed by atoms with van der Waals surface area (Å²) in [5.74, 6) is 0.632. The number of nitrogens with zero attached hydrogens (tertiary/aromatic N) is 1. The van der Waals surface area contributed by atoms with Gasteiger partial charge >= 0.3 is 5.97 Å². The Hall–Kier alpha value is -2.88. The van der Waals surface area contributed by atoms with E-state index in [0.717, 1.165) is 11.1 Å². The zero-order valence-electron chi connectivity index (χ0n) is 18.3. The van der Waals surface area contributed by atoms with Gasteiger partial charge in [-0.3, -0.25) is 4.79 Å². The van der Waals surface area contributed by atoms with Crippen molar-refractivity contribution in [2.45, 2.75) is 48.8 Å². The highest BCUT2D eigenvalue weighted by Gasteiger charge is 2.60. The quantitative estimate of drug-likeness (QED) is 0.539. The van der Waals surface area contributed by atoms with Crippen LogP contribution in [0.1, 0.15) is 24.5 Å². The van der Waals surface area contributed by atoms with Crippen LogP contribution in [0.15, 0.2) is 59.5 Å². The number of hydrogen-bond acceptors (Lipinski definition) is 7. The third kappa shape index (κ3) is 3.51. The fourth-order valence-corrected chi connectivity index (χ4v) is 6.77. The Bertz CT molecular complexity index is 1220. The van der Waals surface area contributed by atoms with Crippen LogP contribution in [0.2, 0.25) is 0 Å². The summed E-state index contributed by atoms with van der Waals surface area (Å²) in [7, 11) is -3.93. The summed E-state index contributed by atoms with van der Waals surface area (Å²) in [5, 5.41) is 10.5. The van der Waals surface area contributed by atoms with Gasteiger partial charge in [0.15, 0.2) is 11.5 Å². The molecule has 2 aromatic rings. The van der Waals surface area contributed by atoms with E-state index in [2.05, 4.69) is 0 Å². The lowest BCUT2D eigenvalue weighted by molar-refractivity contribution is -0.147. The number of carbonyl (C=O) groups excluding carboxylic acids is 1. The minimum Gasteiger partial charge on any atom is -0.460 e. The molecule has 4 atom stereocenters. The smallest absolute Gasteiger partial charge is 0.302 e. The summed E-state index contributed by atoms with van der Waals surface area (Å²) in [5.41, 5.74) is 0.676. The number of aliphatic hydroxyl groups excluding tert-OH is 1. The maximum absolute atomic E-state index is 13.7. The van der Waals surface area contributed by atoms with E-state index in [1.807, 2.05) is 13.0 Å². The minimum absolute atomic E-state index is 0.0358. The summed E-state index contributed by atoms with van der Waals surface area (Å²) in [6, 6.07) is 11.4. The van der Waals surface area contributed by atoms with Gasteiger partial charge in [0.05, 0.1) is 23.0 Å². The van der Waals surface area contributed by atoms with Crippen molar-refractivity contribution in [3.05, 3.63) is 65.7 Å². The first kappa shape index (κ1) is 21.9. The predicted octanol–water partition coefficient (Wildman–Crippen LogP) is 2.29. The number of aryl methyl sites for hydroxylation is 1. The van der Waals surface area contributed by atoms with Crippen molar-refractivity contribution in [3.63, 3.8) is 0 Å². The summed E-state index contributed by atoms with van der Waals surface area (Å²) in [6.07, 6.45) is 1.96. The monoisotopic (exact) mass is 471 g/mol. The molecule has 0 radical (unpaired) electrons. The molecule has 0 aromatic heterocycles. The van der Waals surface area contributed by atoms with Gasteiger partial charge in [-0.2, -0.15) is 4.31 Å². The zero-order valence-corrected chi connectivity index (χ0v) is 19.1. The van der Waals surface area contributed by atoms with Crippen LogP contribution in [-0.4, -0.2) is 55.4 Å². The Labute approximate surface area is 192 Å². The van der Waals surface area contributed by atoms with Crippen LogP contribution in [0.4, 0.5) is 0 Å². The molecular formula is C24H25NO7S. The lowest BCUT2D eigenvalue weighted by Gasteiger charge is -2.41. The number of carbonyl (C=O) groups is 1. The van der Waals surface area contributed by atoms with Gasteiger partial charge in [0, 0.05) is 13.0 Å². The van der Waals surface area contributed by atoms with Crippen molar-refractivity contribution < 1.29 is 32.5 Å². The molecular weight excluding hydrogens is 446 g/mol. The fourth-order valence-electron chi connectivity index (χ4n) is 5.09. The molecule has 0 spiro atoms. The molecule has 2 aromatic carbocycles. The average Bonchev–Trinajstić information content (AvgIpc) is 3.36. The first-order valence-electron chi connectivity index (χ1n) is 10.7. The van der Waals surface area contributed by atoms with Crippen LogP contribution in [0, 0.1) is 6.92 Å². The van der Waals surface area contributed by atoms with E-state index in [1.54, 1.807) is 48.6 Å². The number of esters is 1. The Morgan fingerprint density at radius 3 is 2.61 bits per heavy atom. The second kappa shape index (κ2) is 7.86. The molecule has 33 heavy (non-hydrogen) atoms. The van der Waals surface area contributed by atoms with Crippen LogP contribution in [-0.2, 0) is 25.0 Å². The third-order valence-corrected chi connectivity index (χ3v) is 8.53. The molecule has 1 saturated heterocycles. The highest BCUT2D eigenvalue weighted by atomic mass is 32.2. The molecule has 3 aliphatic rings. The summed E-state index contributed by atoms with van der Waals surface area (Å²) in [4.78, 5) is 12.2. The van der Waals surface area contributed by atoms with Gasteiger partial charge in [-0.15, -0.1) is 0 Å². The van der Waals surface area contributed by atoms with Crippen molar-refractivity contribution >= 4 is 16.0 Å². The van der Waals surface area contributed by atoms with Crippen LogP contribution >= 0.6 is 0 Å². The van der Waals surface area contributed by atoms with E-state index in [-0.39, 0.29) is 24.7 Å². The standard InChI is InChI=1S/C24H25NO7S/c1-15-3-6-19(7-4-15)33(28,29)25-13-23(32-16(2)26)24(10-9-18(27)12-22(24)25)17-5-8-20-21(11-17)31-14-30-20/h3-11,18,22-23,27H,12-14H2,1-2H3/t18-,22+,23+,24+/m0/s1. The topological polar surface area (TPSA) is 102 Å². The number of rotatable bonds is 4. The van der Waals surface area contributed by atoms with Gasteiger partial charge in [0.2, 0.25) is 16.8 Å². The molecule has 0 bridgehead atoms. The molecule has 8 nitrogen and oxygen atoms in total. The van der Waals surface area contributed by atoms with Crippen LogP contribution in [0.5, 0.6) is 11.5 Å². The second-order valence-electron chi connectivity index (χ2n) is 8.66. The van der Waals surface area contributed by atoms with Gasteiger partial charge in [-0.25, -0.2) is 8.42 Å². The number of fused-ring (bicyclic) bond motifs is 2. The predicted molar refractivity (Wildman–Crippen MR) is 118 cm³/mol. The van der Waals surface area contributed by atoms with E-state index in [1.165, 1.54) is 11.2 Å². The molecule has 0 amide bonds. The summed E-state index contributed by atoms with van der Waals surface area (Å²) in [6.45, 7) is 3.26. The molecule has 174 valence electrons. The van der Waals surface area contributed by atoms with Crippen LogP contribution in [0.3, 0.4) is 0 Å². The molecule has 5 rings (SSSR count). The van der Waals surface area contributed by atoms with E-state index < -0.39 is 39.7 Å². The van der Waals surface area contributed by atoms with Gasteiger partial charge in [0.25, 0.3) is 0 Å². The van der Waals surface area contributed by atoms with Crippen LogP contribution in [0.25, 0.3) is 0 Å². The maximum atomic E-state index is 13.7. The van der Waals surface area contributed by atoms with E-state index in [9.17, 15) is 18.3 Å². The number of benzene rings is 2. The number of hydrogen-bond donors (Lipinski definition) is 1. The normalized spacial score (nSPS) is 28.5. The van der Waals surface area contributed by atoms with Gasteiger partial charge in [-0.05, 0) is 43.2 Å². The van der Waals surface area contributed by atoms with Crippen molar-refractivity contribution in [1.29, 1.82) is 0 Å². The van der Waals surface area contributed by atoms with E-state index in [0.29, 0.717) is 11.5 Å². The fraction of sp³-hybridized carbons (Fsp3) is 0.375. The summed E-state index contributed by atoms with van der Waals surface area (Å²) >= 11 is 0. The van der Waals surface area contributed by atoms with Crippen molar-refractivity contribution in [2.24, 2.45) is 0 Å². The van der Waals surface area contributed by atoms with Crippen molar-refractivity contribution in [1.82, 2.24) is 4.31 Å². The van der Waals surface area contributed by atoms with E-state index >= 15 is 0 Å². The van der Waals surface area contributed by atoms with Crippen LogP contribution < -0.4 is 9.47 Å². The highest BCUT2D eigenvalue weighted by Crippen LogP contribution is 2.50. The van der Waals surface area contributed by atoms with Gasteiger partial charge < -0.3 is 19.3 Å². The molecule has 1 aliphatic carbocycles. The zero-order chi connectivity index (χ0) is 23.4. The third-order valence-electron chi connectivity index (χ3n) is 6.64. The Morgan fingerprint density at radius 2 is 1.88 bits per heavy atom. The number of ether oxygens (including phenoxy) is 3. The lowest BCUT2D eigenvalue weighted by atomic mass is 9.68. The Kier molecular flexibility index (Phi) is 5.23. The molecule has 1 fully saturated rings. The molecule has 1 N–H and O–H groups in total. The van der Waals surface area contributed by atoms with Gasteiger partial charge in [-0.1, -0.05) is 35.9 Å². The maximum Gasteiger partial charge on any atom is 0.302 e. The Balaban J connectivity index is 1.67. The first-order chi connectivity index (χ1) is 15.7. The largest absolute Gasteiger partial charge is 0.460 e. The number of sulfonamides is 1. The Morgan fingerprint density at radius 1 is 1.15 bits per heavy atom. The first-order valence-corrected chi connectivity index (χ1v) is 12.2. The molecule has 0 unspecified atom stereocenters.